The zero-order valence-electron chi connectivity index (χ0n) is 17.7. The molecule has 31 heavy (non-hydrogen) atoms. The number of carbonyl (C=O) groups is 2. The number of ether oxygens (including phenoxy) is 1. The van der Waals surface area contributed by atoms with Crippen LogP contribution in [0.2, 0.25) is 5.02 Å². The number of pyridine rings is 1. The maximum atomic E-state index is 12.8. The Bertz CT molecular complexity index is 929. The van der Waals surface area contributed by atoms with Crippen LogP contribution in [0, 0.1) is 11.3 Å². The van der Waals surface area contributed by atoms with Gasteiger partial charge in [-0.15, -0.1) is 0 Å². The van der Waals surface area contributed by atoms with E-state index in [0.717, 1.165) is 31.4 Å². The minimum Gasteiger partial charge on any atom is -0.481 e. The fourth-order valence-corrected chi connectivity index (χ4v) is 4.66. The van der Waals surface area contributed by atoms with Crippen LogP contribution in [0.4, 0.5) is 0 Å². The lowest BCUT2D eigenvalue weighted by molar-refractivity contribution is -0.139. The van der Waals surface area contributed by atoms with E-state index in [1.807, 2.05) is 23.1 Å². The van der Waals surface area contributed by atoms with Crippen LogP contribution in [0.25, 0.3) is 0 Å². The van der Waals surface area contributed by atoms with Gasteiger partial charge < -0.3 is 15.0 Å². The average molecular weight is 442 g/mol. The van der Waals surface area contributed by atoms with Crippen LogP contribution in [-0.2, 0) is 16.0 Å². The van der Waals surface area contributed by atoms with E-state index in [4.69, 9.17) is 16.3 Å². The first-order valence-electron chi connectivity index (χ1n) is 10.9. The van der Waals surface area contributed by atoms with Crippen LogP contribution in [0.5, 0.6) is 5.75 Å². The van der Waals surface area contributed by atoms with Crippen molar-refractivity contribution in [1.82, 2.24) is 15.2 Å². The second-order valence-corrected chi connectivity index (χ2v) is 8.96. The fraction of sp³-hybridized carbons (Fsp3) is 0.458. The third-order valence-corrected chi connectivity index (χ3v) is 6.68. The molecule has 2 fully saturated rings. The van der Waals surface area contributed by atoms with Gasteiger partial charge in [-0.2, -0.15) is 0 Å². The molecule has 2 amide bonds. The van der Waals surface area contributed by atoms with Crippen molar-refractivity contribution in [2.24, 2.45) is 11.3 Å². The number of hydrogen-bond acceptors (Lipinski definition) is 4. The number of halogens is 1. The second-order valence-electron chi connectivity index (χ2n) is 8.52. The third-order valence-electron chi connectivity index (χ3n) is 6.44. The minimum absolute atomic E-state index is 0.0214. The van der Waals surface area contributed by atoms with Gasteiger partial charge in [-0.05, 0) is 61.9 Å². The molecule has 1 aromatic carbocycles. The number of nitrogens with one attached hydrogen (secondary N) is 1. The van der Waals surface area contributed by atoms with E-state index in [2.05, 4.69) is 10.3 Å². The molecule has 1 spiro atoms. The highest BCUT2D eigenvalue weighted by Crippen LogP contribution is 2.59. The van der Waals surface area contributed by atoms with Crippen LogP contribution in [0.1, 0.15) is 31.9 Å². The molecule has 1 aliphatic carbocycles. The molecule has 1 aliphatic heterocycles. The first-order chi connectivity index (χ1) is 15.0. The summed E-state index contributed by atoms with van der Waals surface area (Å²) < 4.78 is 5.77. The quantitative estimate of drug-likeness (QED) is 0.713. The van der Waals surface area contributed by atoms with Gasteiger partial charge in [0.15, 0.2) is 6.10 Å². The predicted octanol–water partition coefficient (Wildman–Crippen LogP) is 3.49. The van der Waals surface area contributed by atoms with Crippen LogP contribution in [0.15, 0.2) is 48.7 Å². The Morgan fingerprint density at radius 2 is 2.06 bits per heavy atom. The molecular formula is C24H28ClN3O3. The van der Waals surface area contributed by atoms with Crippen molar-refractivity contribution >= 4 is 23.4 Å². The summed E-state index contributed by atoms with van der Waals surface area (Å²) in [6.45, 7) is 3.70. The molecule has 1 aromatic heterocycles. The van der Waals surface area contributed by atoms with E-state index in [1.165, 1.54) is 0 Å². The van der Waals surface area contributed by atoms with Gasteiger partial charge in [0.2, 0.25) is 5.91 Å². The second kappa shape index (κ2) is 9.27. The van der Waals surface area contributed by atoms with Crippen molar-refractivity contribution in [2.45, 2.75) is 38.7 Å². The molecule has 7 heteroatoms. The molecule has 2 heterocycles. The Kier molecular flexibility index (Phi) is 6.46. The Hall–Kier alpha value is -2.60. The zero-order chi connectivity index (χ0) is 21.8. The number of amides is 2. The smallest absolute Gasteiger partial charge is 0.263 e. The number of aromatic nitrogens is 1. The summed E-state index contributed by atoms with van der Waals surface area (Å²) in [6, 6.07) is 12.9. The van der Waals surface area contributed by atoms with Crippen LogP contribution < -0.4 is 10.1 Å². The van der Waals surface area contributed by atoms with Crippen molar-refractivity contribution in [3.63, 3.8) is 0 Å². The van der Waals surface area contributed by atoms with Crippen LogP contribution >= 0.6 is 11.6 Å². The van der Waals surface area contributed by atoms with Gasteiger partial charge >= 0.3 is 0 Å². The number of nitrogens with zero attached hydrogens (tertiary/aromatic N) is 2. The molecule has 164 valence electrons. The Morgan fingerprint density at radius 1 is 1.26 bits per heavy atom. The summed E-state index contributed by atoms with van der Waals surface area (Å²) in [7, 11) is 0. The maximum absolute atomic E-state index is 12.8. The minimum atomic E-state index is -0.572. The summed E-state index contributed by atoms with van der Waals surface area (Å²) in [5.41, 5.74) is 1.04. The van der Waals surface area contributed by atoms with E-state index >= 15 is 0 Å². The summed E-state index contributed by atoms with van der Waals surface area (Å²) in [4.78, 5) is 31.5. The maximum Gasteiger partial charge on any atom is 0.263 e. The van der Waals surface area contributed by atoms with E-state index in [0.29, 0.717) is 30.4 Å². The van der Waals surface area contributed by atoms with Gasteiger partial charge in [-0.25, -0.2) is 0 Å². The largest absolute Gasteiger partial charge is 0.481 e. The van der Waals surface area contributed by atoms with E-state index in [1.54, 1.807) is 37.4 Å². The predicted molar refractivity (Wildman–Crippen MR) is 119 cm³/mol. The Morgan fingerprint density at radius 3 is 2.77 bits per heavy atom. The molecule has 2 aromatic rings. The highest BCUT2D eigenvalue weighted by Gasteiger charge is 2.58. The summed E-state index contributed by atoms with van der Waals surface area (Å²) in [6.07, 6.45) is 4.57. The number of piperidine rings is 1. The van der Waals surface area contributed by atoms with Crippen LogP contribution in [-0.4, -0.2) is 47.4 Å². The molecule has 0 radical (unpaired) electrons. The lowest BCUT2D eigenvalue weighted by atomic mass is 9.90. The van der Waals surface area contributed by atoms with Crippen molar-refractivity contribution < 1.29 is 14.3 Å². The number of benzene rings is 1. The van der Waals surface area contributed by atoms with E-state index < -0.39 is 6.10 Å². The lowest BCUT2D eigenvalue weighted by Gasteiger charge is -2.34. The highest BCUT2D eigenvalue weighted by molar-refractivity contribution is 6.30. The van der Waals surface area contributed by atoms with Gasteiger partial charge in [0.25, 0.3) is 5.91 Å². The number of carbonyl (C=O) groups excluding carboxylic acids is 2. The highest BCUT2D eigenvalue weighted by atomic mass is 35.5. The van der Waals surface area contributed by atoms with Gasteiger partial charge in [-0.1, -0.05) is 23.7 Å². The number of rotatable bonds is 7. The van der Waals surface area contributed by atoms with Crippen molar-refractivity contribution in [2.75, 3.05) is 19.6 Å². The monoisotopic (exact) mass is 441 g/mol. The summed E-state index contributed by atoms with van der Waals surface area (Å²) in [5.74, 6) is 0.764. The zero-order valence-corrected chi connectivity index (χ0v) is 18.5. The third kappa shape index (κ3) is 5.18. The molecule has 2 aliphatic rings. The number of likely N-dealkylation sites (tertiary alicyclic amines) is 1. The van der Waals surface area contributed by atoms with Gasteiger partial charge in [0.05, 0.1) is 0 Å². The topological polar surface area (TPSA) is 71.5 Å². The van der Waals surface area contributed by atoms with E-state index in [9.17, 15) is 9.59 Å². The van der Waals surface area contributed by atoms with Gasteiger partial charge in [0.1, 0.15) is 5.75 Å². The SMILES string of the molecule is C[C@@H](Oc1cccc(Cl)c1)C(=O)N1CCC2(CC1)C[C@H]2C(=O)NCCc1ccccn1. The molecule has 1 saturated carbocycles. The normalized spacial score (nSPS) is 20.2. The molecule has 1 N–H and O–H groups in total. The fourth-order valence-electron chi connectivity index (χ4n) is 4.48. The molecule has 0 unspecified atom stereocenters. The van der Waals surface area contributed by atoms with Crippen molar-refractivity contribution in [3.05, 3.63) is 59.4 Å². The molecule has 4 rings (SSSR count). The summed E-state index contributed by atoms with van der Waals surface area (Å²) in [5, 5.41) is 3.64. The Labute approximate surface area is 187 Å². The van der Waals surface area contributed by atoms with Crippen molar-refractivity contribution in [3.8, 4) is 5.75 Å². The van der Waals surface area contributed by atoms with Crippen molar-refractivity contribution in [1.29, 1.82) is 0 Å². The van der Waals surface area contributed by atoms with Crippen LogP contribution in [0.3, 0.4) is 0 Å². The molecule has 2 atom stereocenters. The molecule has 6 nitrogen and oxygen atoms in total. The van der Waals surface area contributed by atoms with E-state index in [-0.39, 0.29) is 23.1 Å². The first kappa shape index (κ1) is 21.6. The summed E-state index contributed by atoms with van der Waals surface area (Å²) >= 11 is 5.99. The Balaban J connectivity index is 1.21. The molecular weight excluding hydrogens is 414 g/mol. The lowest BCUT2D eigenvalue weighted by Crippen LogP contribution is -2.46. The number of hydrogen-bond donors (Lipinski definition) is 1. The standard InChI is InChI=1S/C24H28ClN3O3/c1-17(31-20-7-4-5-18(25)15-20)23(30)28-13-9-24(10-14-28)16-21(24)22(29)27-12-8-19-6-2-3-11-26-19/h2-7,11,15,17,21H,8-10,12-14,16H2,1H3,(H,27,29)/t17-,21+/m1/s1. The van der Waals surface area contributed by atoms with Gasteiger partial charge in [-0.3, -0.25) is 14.6 Å². The molecule has 1 saturated heterocycles. The molecule has 0 bridgehead atoms. The van der Waals surface area contributed by atoms with Gasteiger partial charge in [0, 0.05) is 48.9 Å². The first-order valence-corrected chi connectivity index (χ1v) is 11.2. The average Bonchev–Trinajstić information content (AvgIpc) is 3.47.